The van der Waals surface area contributed by atoms with E-state index in [4.69, 9.17) is 9.25 Å². The molecule has 5 aliphatic rings. The Balaban J connectivity index is 1.38. The van der Waals surface area contributed by atoms with E-state index in [0.717, 1.165) is 59.4 Å². The Morgan fingerprint density at radius 3 is 2.41 bits per heavy atom. The summed E-state index contributed by atoms with van der Waals surface area (Å²) in [6, 6.07) is 14.7. The molecular weight excluding hydrogens is 688 g/mol. The first-order valence-electron chi connectivity index (χ1n) is 18.3. The molecule has 3 aromatic rings. The van der Waals surface area contributed by atoms with Crippen LogP contribution in [-0.2, 0) is 32.7 Å². The predicted molar refractivity (Wildman–Crippen MR) is 203 cm³/mol. The fourth-order valence-electron chi connectivity index (χ4n) is 8.53. The summed E-state index contributed by atoms with van der Waals surface area (Å²) in [5.74, 6) is -2.54. The minimum atomic E-state index is -1.12. The van der Waals surface area contributed by atoms with Crippen molar-refractivity contribution in [1.29, 1.82) is 0 Å². The Kier molecular flexibility index (Phi) is 8.31. The lowest BCUT2D eigenvalue weighted by Crippen LogP contribution is -2.48. The van der Waals surface area contributed by atoms with Crippen LogP contribution >= 0.6 is 0 Å². The molecular formula is C42H41N4O8+. The van der Waals surface area contributed by atoms with Crippen LogP contribution in [0, 0.1) is 0 Å². The monoisotopic (exact) mass is 729 g/mol. The van der Waals surface area contributed by atoms with Crippen LogP contribution in [0.5, 0.6) is 0 Å². The van der Waals surface area contributed by atoms with Gasteiger partial charge in [-0.15, -0.1) is 5.06 Å². The van der Waals surface area contributed by atoms with Gasteiger partial charge in [0.25, 0.3) is 11.8 Å². The summed E-state index contributed by atoms with van der Waals surface area (Å²) < 4.78 is 8.49. The van der Waals surface area contributed by atoms with Crippen molar-refractivity contribution < 1.29 is 38.1 Å². The average Bonchev–Trinajstić information content (AvgIpc) is 3.46. The Morgan fingerprint density at radius 1 is 0.944 bits per heavy atom. The van der Waals surface area contributed by atoms with Crippen molar-refractivity contribution in [3.63, 3.8) is 0 Å². The van der Waals surface area contributed by atoms with Crippen molar-refractivity contribution in [3.05, 3.63) is 81.7 Å². The number of aryl methyl sites for hydroxylation is 2. The third-order valence-electron chi connectivity index (χ3n) is 11.1. The van der Waals surface area contributed by atoms with Crippen molar-refractivity contribution in [2.75, 3.05) is 29.4 Å². The van der Waals surface area contributed by atoms with E-state index in [1.165, 1.54) is 6.07 Å². The summed E-state index contributed by atoms with van der Waals surface area (Å²) in [4.78, 5) is 74.1. The second-order valence-electron chi connectivity index (χ2n) is 14.9. The molecule has 0 spiro atoms. The number of hydrogen-bond donors (Lipinski definition) is 1. The van der Waals surface area contributed by atoms with E-state index >= 15 is 0 Å². The summed E-state index contributed by atoms with van der Waals surface area (Å²) >= 11 is 0. The number of aromatic carboxylic acids is 1. The summed E-state index contributed by atoms with van der Waals surface area (Å²) in [6.45, 7) is 10.1. The third-order valence-corrected chi connectivity index (χ3v) is 11.1. The zero-order valence-corrected chi connectivity index (χ0v) is 30.9. The van der Waals surface area contributed by atoms with Crippen LogP contribution in [0.4, 0.5) is 11.4 Å². The predicted octanol–water partition coefficient (Wildman–Crippen LogP) is 6.01. The van der Waals surface area contributed by atoms with Crippen LogP contribution in [0.25, 0.3) is 49.9 Å². The number of benzene rings is 3. The topological polar surface area (TPSA) is 142 Å². The van der Waals surface area contributed by atoms with Gasteiger partial charge in [-0.1, -0.05) is 24.3 Å². The molecule has 2 amide bonds. The van der Waals surface area contributed by atoms with Crippen molar-refractivity contribution in [2.45, 2.75) is 65.3 Å². The van der Waals surface area contributed by atoms with Crippen molar-refractivity contribution in [1.82, 2.24) is 5.06 Å². The molecule has 0 atom stereocenters. The highest BCUT2D eigenvalue weighted by atomic mass is 16.7. The van der Waals surface area contributed by atoms with Crippen LogP contribution in [-0.4, -0.2) is 59.1 Å². The van der Waals surface area contributed by atoms with Gasteiger partial charge in [0.15, 0.2) is 5.76 Å². The second kappa shape index (κ2) is 12.8. The lowest BCUT2D eigenvalue weighted by Gasteiger charge is -2.43. The van der Waals surface area contributed by atoms with E-state index < -0.39 is 29.3 Å². The first-order chi connectivity index (χ1) is 25.8. The maximum absolute atomic E-state index is 14.6. The number of rotatable bonds is 7. The first kappa shape index (κ1) is 35.0. The number of pyridine rings is 1. The van der Waals surface area contributed by atoms with Gasteiger partial charge in [0, 0.05) is 72.5 Å². The van der Waals surface area contributed by atoms with Gasteiger partial charge in [-0.2, -0.15) is 4.57 Å². The molecule has 12 nitrogen and oxygen atoms in total. The van der Waals surface area contributed by atoms with E-state index in [1.807, 2.05) is 37.8 Å². The lowest BCUT2D eigenvalue weighted by molar-refractivity contribution is -0.658. The highest BCUT2D eigenvalue weighted by Crippen LogP contribution is 2.48. The zero-order chi connectivity index (χ0) is 38.2. The van der Waals surface area contributed by atoms with Crippen LogP contribution in [0.1, 0.15) is 74.9 Å². The smallest absolute Gasteiger partial charge is 0.424 e. The number of anilines is 2. The fourth-order valence-corrected chi connectivity index (χ4v) is 8.53. The molecule has 0 unspecified atom stereocenters. The number of carboxylic acids is 1. The third kappa shape index (κ3) is 5.50. The number of hydroxylamine groups is 2. The molecule has 0 aromatic heterocycles. The standard InChI is InChI=1S/C42H40N4O8/c1-6-44-16-9-10-24-18-28-31(20-30(24)44)43(5)40(50)38-37(25-11-7-8-12-26(25)41(51)52)29-19-27-23(2)22-42(3,4)45(32(27)21-33(29)53-39(28)38)17-15-36(49)54-46-34(47)13-14-35(46)48/h7-8,11-12,18-22H,6,9-10,13-17H2,1-5H3/p+1. The van der Waals surface area contributed by atoms with Gasteiger partial charge < -0.3 is 24.2 Å². The minimum Gasteiger partial charge on any atom is -0.478 e. The molecule has 0 saturated carbocycles. The van der Waals surface area contributed by atoms with E-state index in [2.05, 4.69) is 30.0 Å². The molecule has 3 aromatic carbocycles. The first-order valence-corrected chi connectivity index (χ1v) is 18.3. The van der Waals surface area contributed by atoms with E-state index in [9.17, 15) is 29.1 Å². The molecule has 54 heavy (non-hydrogen) atoms. The van der Waals surface area contributed by atoms with E-state index in [1.54, 1.807) is 29.8 Å². The summed E-state index contributed by atoms with van der Waals surface area (Å²) in [7, 11) is 1.74. The zero-order valence-electron chi connectivity index (χ0n) is 30.9. The van der Waals surface area contributed by atoms with Crippen molar-refractivity contribution in [2.24, 2.45) is 7.05 Å². The van der Waals surface area contributed by atoms with Crippen LogP contribution in [0.3, 0.4) is 0 Å². The highest BCUT2D eigenvalue weighted by Gasteiger charge is 2.37. The molecule has 0 aliphatic carbocycles. The SMILES string of the molecule is CCN1CCCc2cc3c4oc5cc6c(cc5c(-c5ccccc5C(=O)O)c-4c(=O)[n+](C)c3cc21)C(C)=CC(C)(C)N6CCC(=O)ON1C(=O)CCC1=O. The number of carbonyl (C=O) groups is 4. The number of allylic oxidation sites excluding steroid dienone is 1. The molecule has 1 N–H and O–H groups in total. The molecule has 276 valence electrons. The summed E-state index contributed by atoms with van der Waals surface area (Å²) in [6.07, 6.45) is 3.86. The Labute approximate surface area is 311 Å². The Hall–Kier alpha value is -6.04. The normalized spacial score (nSPS) is 16.6. The lowest BCUT2D eigenvalue weighted by atomic mass is 9.85. The van der Waals surface area contributed by atoms with Gasteiger partial charge in [0.1, 0.15) is 18.2 Å². The molecule has 1 fully saturated rings. The number of carbonyl (C=O) groups excluding carboxylic acids is 3. The van der Waals surface area contributed by atoms with Gasteiger partial charge >= 0.3 is 17.5 Å². The number of hydrogen-bond acceptors (Lipinski definition) is 9. The number of nitrogens with zero attached hydrogens (tertiary/aromatic N) is 4. The average molecular weight is 730 g/mol. The van der Waals surface area contributed by atoms with Gasteiger partial charge in [-0.05, 0) is 75.4 Å². The Bertz CT molecular complexity index is 2520. The van der Waals surface area contributed by atoms with Crippen molar-refractivity contribution >= 4 is 62.6 Å². The van der Waals surface area contributed by atoms with E-state index in [-0.39, 0.29) is 42.5 Å². The minimum absolute atomic E-state index is 0.00788. The molecule has 5 aliphatic heterocycles. The largest absolute Gasteiger partial charge is 0.478 e. The Morgan fingerprint density at radius 2 is 1.69 bits per heavy atom. The number of imide groups is 1. The maximum Gasteiger partial charge on any atom is 0.424 e. The molecule has 0 bridgehead atoms. The summed E-state index contributed by atoms with van der Waals surface area (Å²) in [5.41, 5.74) is 6.23. The maximum atomic E-state index is 14.6. The fraction of sp³-hybridized carbons (Fsp3) is 0.333. The van der Waals surface area contributed by atoms with Gasteiger partial charge in [0.05, 0.1) is 22.9 Å². The molecule has 0 radical (unpaired) electrons. The number of fused-ring (bicyclic) bond motifs is 6. The molecule has 1 saturated heterocycles. The molecule has 5 heterocycles. The van der Waals surface area contributed by atoms with Crippen LogP contribution in [0.2, 0.25) is 0 Å². The van der Waals surface area contributed by atoms with Crippen molar-refractivity contribution in [3.8, 4) is 22.5 Å². The quantitative estimate of drug-likeness (QED) is 0.0916. The number of amides is 2. The van der Waals surface area contributed by atoms with Crippen LogP contribution in [0.15, 0.2) is 63.8 Å². The summed E-state index contributed by atoms with van der Waals surface area (Å²) in [5, 5.41) is 12.3. The number of carboxylic acid groups (broad SMARTS) is 1. The number of aromatic nitrogens is 1. The van der Waals surface area contributed by atoms with Gasteiger partial charge in [-0.3, -0.25) is 9.59 Å². The second-order valence-corrected chi connectivity index (χ2v) is 14.9. The van der Waals surface area contributed by atoms with Gasteiger partial charge in [-0.25, -0.2) is 14.4 Å². The van der Waals surface area contributed by atoms with Gasteiger partial charge in [0.2, 0.25) is 5.52 Å². The molecule has 8 rings (SSSR count). The van der Waals surface area contributed by atoms with Crippen LogP contribution < -0.4 is 19.9 Å². The molecule has 12 heteroatoms. The van der Waals surface area contributed by atoms with E-state index in [0.29, 0.717) is 38.4 Å². The highest BCUT2D eigenvalue weighted by molar-refractivity contribution is 6.11.